The first-order valence-corrected chi connectivity index (χ1v) is 2.93. The minimum Gasteiger partial charge on any atom is -0.232 e. The lowest BCUT2D eigenvalue weighted by Gasteiger charge is -1.82. The molecule has 3 nitrogen and oxygen atoms in total. The van der Waals surface area contributed by atoms with Gasteiger partial charge in [-0.3, -0.25) is 0 Å². The molecule has 0 spiro atoms. The molecule has 0 aliphatic rings. The second-order valence-corrected chi connectivity index (χ2v) is 2.13. The molecule has 8 heavy (non-hydrogen) atoms. The van der Waals surface area contributed by atoms with Crippen molar-refractivity contribution in [2.45, 2.75) is 0 Å². The zero-order valence-electron chi connectivity index (χ0n) is 4.00. The van der Waals surface area contributed by atoms with Crippen molar-refractivity contribution in [1.29, 1.82) is 0 Å². The summed E-state index contributed by atoms with van der Waals surface area (Å²) in [5.74, 6) is 0. The number of hydrogen-bond acceptors (Lipinski definition) is 3. The van der Waals surface area contributed by atoms with Crippen LogP contribution in [0.4, 0.5) is 5.00 Å². The summed E-state index contributed by atoms with van der Waals surface area (Å²) in [6, 6.07) is 3.63. The molecule has 0 radical (unpaired) electrons. The molecule has 1 N–H and O–H groups in total. The highest BCUT2D eigenvalue weighted by atomic mass is 32.1. The number of nitroso groups, excluding NO2 is 1. The Labute approximate surface area is 50.3 Å². The third kappa shape index (κ3) is 1.04. The summed E-state index contributed by atoms with van der Waals surface area (Å²) in [4.78, 5) is 9.52. The smallest absolute Gasteiger partial charge is 0.112 e. The molecule has 1 aromatic heterocycles. The van der Waals surface area contributed by atoms with Crippen molar-refractivity contribution in [3.8, 4) is 0 Å². The van der Waals surface area contributed by atoms with Crippen LogP contribution in [0.15, 0.2) is 22.8 Å². The fourth-order valence-electron chi connectivity index (χ4n) is 0.387. The maximum Gasteiger partial charge on any atom is 0.112 e. The topological polar surface area (TPSA) is 41.5 Å². The minimum atomic E-state index is 0.778. The Kier molecular flexibility index (Phi) is 1.58. The highest BCUT2D eigenvalue weighted by Crippen LogP contribution is 2.13. The van der Waals surface area contributed by atoms with Crippen LogP contribution in [0.2, 0.25) is 0 Å². The molecule has 0 saturated carbocycles. The van der Waals surface area contributed by atoms with Gasteiger partial charge in [0.25, 0.3) is 0 Å². The fraction of sp³-hybridized carbons (Fsp3) is 0. The van der Waals surface area contributed by atoms with Crippen LogP contribution in [0.3, 0.4) is 0 Å². The number of thiophene rings is 1. The van der Waals surface area contributed by atoms with E-state index in [-0.39, 0.29) is 0 Å². The highest BCUT2D eigenvalue weighted by molar-refractivity contribution is 7.14. The molecular formula is C4H4N2OS. The summed E-state index contributed by atoms with van der Waals surface area (Å²) < 4.78 is 0. The standard InChI is InChI=1S/C4H4N2OS/c7-6-5-4-2-1-3-8-4/h1-3H,(H,5,7). The zero-order valence-corrected chi connectivity index (χ0v) is 4.81. The Bertz CT molecular complexity index is 161. The van der Waals surface area contributed by atoms with E-state index in [1.807, 2.05) is 11.4 Å². The summed E-state index contributed by atoms with van der Waals surface area (Å²) >= 11 is 1.44. The maximum atomic E-state index is 9.52. The summed E-state index contributed by atoms with van der Waals surface area (Å²) in [7, 11) is 0. The van der Waals surface area contributed by atoms with Crippen molar-refractivity contribution in [3.63, 3.8) is 0 Å². The molecule has 1 aromatic rings. The molecule has 1 rings (SSSR count). The first kappa shape index (κ1) is 5.24. The molecule has 1 heterocycles. The molecule has 0 aliphatic heterocycles. The molecule has 0 amide bonds. The molecule has 0 saturated heterocycles. The fourth-order valence-corrected chi connectivity index (χ4v) is 0.938. The molecule has 0 atom stereocenters. The quantitative estimate of drug-likeness (QED) is 0.487. The van der Waals surface area contributed by atoms with E-state index >= 15 is 0 Å². The highest BCUT2D eigenvalue weighted by Gasteiger charge is 1.85. The van der Waals surface area contributed by atoms with E-state index < -0.39 is 0 Å². The van der Waals surface area contributed by atoms with Crippen molar-refractivity contribution in [2.75, 3.05) is 5.43 Å². The van der Waals surface area contributed by atoms with Gasteiger partial charge in [-0.1, -0.05) is 0 Å². The predicted molar refractivity (Wildman–Crippen MR) is 33.7 cm³/mol. The number of rotatable bonds is 2. The monoisotopic (exact) mass is 128 g/mol. The lowest BCUT2D eigenvalue weighted by atomic mass is 10.6. The first-order chi connectivity index (χ1) is 3.93. The lowest BCUT2D eigenvalue weighted by molar-refractivity contribution is 1.35. The Morgan fingerprint density at radius 2 is 2.62 bits per heavy atom. The van der Waals surface area contributed by atoms with Gasteiger partial charge in [0.15, 0.2) is 0 Å². The van der Waals surface area contributed by atoms with Crippen LogP contribution in [-0.2, 0) is 0 Å². The third-order valence-electron chi connectivity index (χ3n) is 0.677. The van der Waals surface area contributed by atoms with E-state index in [0.29, 0.717) is 0 Å². The van der Waals surface area contributed by atoms with Crippen molar-refractivity contribution >= 4 is 16.3 Å². The van der Waals surface area contributed by atoms with Crippen molar-refractivity contribution in [3.05, 3.63) is 22.4 Å². The summed E-state index contributed by atoms with van der Waals surface area (Å²) in [5, 5.41) is 5.13. The van der Waals surface area contributed by atoms with Crippen LogP contribution < -0.4 is 5.43 Å². The second kappa shape index (κ2) is 2.42. The summed E-state index contributed by atoms with van der Waals surface area (Å²) in [6.07, 6.45) is 0. The Hall–Kier alpha value is -0.900. The van der Waals surface area contributed by atoms with Gasteiger partial charge in [0.2, 0.25) is 0 Å². The molecule has 4 heteroatoms. The zero-order chi connectivity index (χ0) is 5.82. The Morgan fingerprint density at radius 1 is 1.75 bits per heavy atom. The molecule has 0 aliphatic carbocycles. The van der Waals surface area contributed by atoms with E-state index in [9.17, 15) is 4.91 Å². The van der Waals surface area contributed by atoms with Crippen LogP contribution in [0.25, 0.3) is 0 Å². The third-order valence-corrected chi connectivity index (χ3v) is 1.45. The summed E-state index contributed by atoms with van der Waals surface area (Å²) in [5.41, 5.74) is 2.28. The van der Waals surface area contributed by atoms with Crippen LogP contribution in [0.1, 0.15) is 0 Å². The predicted octanol–water partition coefficient (Wildman–Crippen LogP) is 1.84. The first-order valence-electron chi connectivity index (χ1n) is 2.05. The van der Waals surface area contributed by atoms with Gasteiger partial charge < -0.3 is 0 Å². The van der Waals surface area contributed by atoms with Crippen LogP contribution in [0.5, 0.6) is 0 Å². The maximum absolute atomic E-state index is 9.52. The molecular weight excluding hydrogens is 124 g/mol. The van der Waals surface area contributed by atoms with Gasteiger partial charge in [0.1, 0.15) is 5.00 Å². The van der Waals surface area contributed by atoms with Gasteiger partial charge in [-0.15, -0.1) is 16.2 Å². The number of nitrogens with zero attached hydrogens (tertiary/aromatic N) is 1. The van der Waals surface area contributed by atoms with Crippen molar-refractivity contribution in [2.24, 2.45) is 5.29 Å². The molecule has 0 bridgehead atoms. The van der Waals surface area contributed by atoms with Crippen molar-refractivity contribution < 1.29 is 0 Å². The van der Waals surface area contributed by atoms with Crippen LogP contribution >= 0.6 is 11.3 Å². The second-order valence-electron chi connectivity index (χ2n) is 1.18. The van der Waals surface area contributed by atoms with Gasteiger partial charge in [-0.05, 0) is 17.5 Å². The minimum absolute atomic E-state index is 0.778. The van der Waals surface area contributed by atoms with E-state index in [0.717, 1.165) is 5.00 Å². The number of anilines is 1. The lowest BCUT2D eigenvalue weighted by Crippen LogP contribution is -1.77. The normalized spacial score (nSPS) is 8.50. The Balaban J connectivity index is 2.62. The van der Waals surface area contributed by atoms with Gasteiger partial charge >= 0.3 is 0 Å². The molecule has 0 aromatic carbocycles. The van der Waals surface area contributed by atoms with Crippen LogP contribution in [-0.4, -0.2) is 0 Å². The average molecular weight is 128 g/mol. The summed E-state index contributed by atoms with van der Waals surface area (Å²) in [6.45, 7) is 0. The SMILES string of the molecule is O=NNc1cccs1. The molecule has 0 fully saturated rings. The van der Waals surface area contributed by atoms with Crippen LogP contribution in [0, 0.1) is 4.91 Å². The van der Waals surface area contributed by atoms with Gasteiger partial charge in [-0.25, -0.2) is 5.43 Å². The molecule has 42 valence electrons. The van der Waals surface area contributed by atoms with Crippen molar-refractivity contribution in [1.82, 2.24) is 0 Å². The van der Waals surface area contributed by atoms with E-state index in [1.165, 1.54) is 11.3 Å². The van der Waals surface area contributed by atoms with Gasteiger partial charge in [0, 0.05) is 0 Å². The van der Waals surface area contributed by atoms with E-state index in [4.69, 9.17) is 0 Å². The average Bonchev–Trinajstić information content (AvgIpc) is 2.19. The molecule has 0 unspecified atom stereocenters. The van der Waals surface area contributed by atoms with E-state index in [1.54, 1.807) is 6.07 Å². The largest absolute Gasteiger partial charge is 0.232 e. The van der Waals surface area contributed by atoms with Gasteiger partial charge in [-0.2, -0.15) is 0 Å². The Morgan fingerprint density at radius 3 is 3.12 bits per heavy atom. The van der Waals surface area contributed by atoms with E-state index in [2.05, 4.69) is 10.7 Å². The number of nitrogens with one attached hydrogen (secondary N) is 1. The van der Waals surface area contributed by atoms with Gasteiger partial charge in [0.05, 0.1) is 5.29 Å². The number of hydrogen-bond donors (Lipinski definition) is 1.